The molecule has 0 bridgehead atoms. The number of hydrogen-bond acceptors (Lipinski definition) is 0. The first-order valence-electron chi connectivity index (χ1n) is 9.07. The molecule has 0 aliphatic heterocycles. The Morgan fingerprint density at radius 2 is 1.38 bits per heavy atom. The minimum Gasteiger partial charge on any atom is -0.104 e. The van der Waals surface area contributed by atoms with Crippen molar-refractivity contribution in [1.29, 1.82) is 0 Å². The number of hydrogen-bond donors (Lipinski definition) is 0. The fourth-order valence-corrected chi connectivity index (χ4v) is 13.3. The molecule has 126 valence electrons. The third-order valence-electron chi connectivity index (χ3n) is 5.29. The fraction of sp³-hybridized carbons (Fsp3) is 1.00. The summed E-state index contributed by atoms with van der Waals surface area (Å²) in [6.45, 7) is 22.4. The van der Waals surface area contributed by atoms with Crippen LogP contribution in [0.25, 0.3) is 0 Å². The highest BCUT2D eigenvalue weighted by molar-refractivity contribution is 7.62. The van der Waals surface area contributed by atoms with E-state index < -0.39 is 0 Å². The summed E-state index contributed by atoms with van der Waals surface area (Å²) in [6, 6.07) is 0. The fourth-order valence-electron chi connectivity index (χ4n) is 5.10. The molecule has 3 atom stereocenters. The van der Waals surface area contributed by atoms with E-state index in [1.165, 1.54) is 31.6 Å². The summed E-state index contributed by atoms with van der Waals surface area (Å²) in [6.07, 6.45) is 7.43. The molecule has 1 unspecified atom stereocenters. The van der Waals surface area contributed by atoms with Crippen molar-refractivity contribution in [2.75, 3.05) is 12.3 Å². The lowest BCUT2D eigenvalue weighted by Gasteiger charge is -2.49. The van der Waals surface area contributed by atoms with Crippen LogP contribution in [0.2, 0.25) is 0 Å². The van der Waals surface area contributed by atoms with E-state index in [1.54, 1.807) is 0 Å². The van der Waals surface area contributed by atoms with Gasteiger partial charge in [0.05, 0.1) is 0 Å². The van der Waals surface area contributed by atoms with Crippen molar-refractivity contribution >= 4 is 15.8 Å². The van der Waals surface area contributed by atoms with Crippen LogP contribution >= 0.6 is 15.8 Å². The van der Waals surface area contributed by atoms with Crippen molar-refractivity contribution in [3.05, 3.63) is 0 Å². The van der Waals surface area contributed by atoms with Gasteiger partial charge in [-0.1, -0.05) is 76.7 Å². The predicted octanol–water partition coefficient (Wildman–Crippen LogP) is 7.14. The molecule has 1 rings (SSSR count). The van der Waals surface area contributed by atoms with Crippen LogP contribution in [-0.4, -0.2) is 34.0 Å². The maximum Gasteiger partial charge on any atom is -0.0172 e. The Morgan fingerprint density at radius 1 is 0.905 bits per heavy atom. The van der Waals surface area contributed by atoms with Crippen molar-refractivity contribution in [2.45, 2.75) is 103 Å². The molecule has 1 aliphatic rings. The van der Waals surface area contributed by atoms with Gasteiger partial charge in [0.15, 0.2) is 0 Å². The van der Waals surface area contributed by atoms with Gasteiger partial charge in [0.1, 0.15) is 0 Å². The largest absolute Gasteiger partial charge is 0.104 e. The highest BCUT2D eigenvalue weighted by Gasteiger charge is 2.44. The molecule has 0 aromatic carbocycles. The Morgan fingerprint density at radius 3 is 1.76 bits per heavy atom. The maximum atomic E-state index is 2.62. The van der Waals surface area contributed by atoms with Crippen LogP contribution < -0.4 is 0 Å². The van der Waals surface area contributed by atoms with E-state index in [1.807, 2.05) is 0 Å². The standard InChI is InChI=1S/C19H40P2/c1-10-20(11-2)17-14-12-13-16(17)15(3)21(18(4,5)6)19(7,8)9/h15-17H,10-14H2,1-9H3/t15-,16?,17+/m1/s1. The molecule has 1 fully saturated rings. The van der Waals surface area contributed by atoms with Crippen molar-refractivity contribution in [3.8, 4) is 0 Å². The second-order valence-electron chi connectivity index (χ2n) is 8.84. The van der Waals surface area contributed by atoms with Crippen molar-refractivity contribution in [3.63, 3.8) is 0 Å². The van der Waals surface area contributed by atoms with Crippen LogP contribution in [0.4, 0.5) is 0 Å². The van der Waals surface area contributed by atoms with E-state index in [0.717, 1.165) is 17.2 Å². The minimum absolute atomic E-state index is 0.0340. The van der Waals surface area contributed by atoms with E-state index in [2.05, 4.69) is 62.3 Å². The smallest absolute Gasteiger partial charge is 0.0172 e. The second-order valence-corrected chi connectivity index (χ2v) is 16.2. The van der Waals surface area contributed by atoms with Gasteiger partial charge in [-0.3, -0.25) is 0 Å². The van der Waals surface area contributed by atoms with E-state index >= 15 is 0 Å². The van der Waals surface area contributed by atoms with E-state index in [4.69, 9.17) is 0 Å². The van der Waals surface area contributed by atoms with Gasteiger partial charge < -0.3 is 0 Å². The van der Waals surface area contributed by atoms with Gasteiger partial charge in [0, 0.05) is 0 Å². The summed E-state index contributed by atoms with van der Waals surface area (Å²) in [5.74, 6) is 1.01. The van der Waals surface area contributed by atoms with Gasteiger partial charge in [-0.25, -0.2) is 0 Å². The molecule has 0 saturated heterocycles. The van der Waals surface area contributed by atoms with Crippen LogP contribution in [0.5, 0.6) is 0 Å². The molecule has 0 N–H and O–H groups in total. The average molecular weight is 330 g/mol. The summed E-state index contributed by atoms with van der Waals surface area (Å²) in [5.41, 5.74) is 2.00. The van der Waals surface area contributed by atoms with E-state index in [9.17, 15) is 0 Å². The van der Waals surface area contributed by atoms with Gasteiger partial charge in [0.2, 0.25) is 0 Å². The third kappa shape index (κ3) is 4.91. The van der Waals surface area contributed by atoms with Gasteiger partial charge in [0.25, 0.3) is 0 Å². The molecule has 0 aromatic rings. The van der Waals surface area contributed by atoms with E-state index in [-0.39, 0.29) is 15.8 Å². The van der Waals surface area contributed by atoms with Crippen LogP contribution in [0.1, 0.15) is 81.6 Å². The molecular weight excluding hydrogens is 290 g/mol. The van der Waals surface area contributed by atoms with Crippen LogP contribution in [0.3, 0.4) is 0 Å². The average Bonchev–Trinajstić information content (AvgIpc) is 2.75. The quantitative estimate of drug-likeness (QED) is 0.470. The Hall–Kier alpha value is 0.860. The van der Waals surface area contributed by atoms with Crippen molar-refractivity contribution in [2.24, 2.45) is 5.92 Å². The Bertz CT molecular complexity index is 293. The first-order valence-corrected chi connectivity index (χ1v) is 12.3. The first kappa shape index (κ1) is 19.9. The molecule has 2 heteroatoms. The molecule has 0 amide bonds. The summed E-state index contributed by atoms with van der Waals surface area (Å²) in [4.78, 5) is 0. The zero-order valence-corrected chi connectivity index (χ0v) is 18.0. The maximum absolute atomic E-state index is 2.62. The summed E-state index contributed by atoms with van der Waals surface area (Å²) in [5, 5.41) is 0.947. The summed E-state index contributed by atoms with van der Waals surface area (Å²) in [7, 11) is 0.319. The lowest BCUT2D eigenvalue weighted by molar-refractivity contribution is 0.525. The molecule has 1 aliphatic carbocycles. The third-order valence-corrected chi connectivity index (χ3v) is 12.6. The summed E-state index contributed by atoms with van der Waals surface area (Å²) >= 11 is 0. The van der Waals surface area contributed by atoms with Crippen LogP contribution in [0, 0.1) is 5.92 Å². The molecule has 0 nitrogen and oxygen atoms in total. The normalized spacial score (nSPS) is 25.9. The predicted molar refractivity (Wildman–Crippen MR) is 105 cm³/mol. The lowest BCUT2D eigenvalue weighted by atomic mass is 10.0. The van der Waals surface area contributed by atoms with Gasteiger partial charge in [-0.2, -0.15) is 0 Å². The first-order chi connectivity index (χ1) is 9.54. The van der Waals surface area contributed by atoms with Crippen molar-refractivity contribution < 1.29 is 0 Å². The summed E-state index contributed by atoms with van der Waals surface area (Å²) < 4.78 is 0. The molecule has 1 saturated carbocycles. The highest BCUT2D eigenvalue weighted by Crippen LogP contribution is 2.67. The lowest BCUT2D eigenvalue weighted by Crippen LogP contribution is -2.36. The van der Waals surface area contributed by atoms with Gasteiger partial charge in [-0.05, 0) is 52.7 Å². The van der Waals surface area contributed by atoms with Gasteiger partial charge >= 0.3 is 0 Å². The molecule has 0 radical (unpaired) electrons. The SMILES string of the molecule is CCP(CC)[C@H]1CCCC1[C@@H](C)P(C(C)(C)C)C(C)(C)C. The minimum atomic E-state index is 0.0340. The highest BCUT2D eigenvalue weighted by atomic mass is 31.1. The Kier molecular flexibility index (Phi) is 7.22. The zero-order valence-electron chi connectivity index (χ0n) is 16.2. The van der Waals surface area contributed by atoms with E-state index in [0.29, 0.717) is 10.3 Å². The topological polar surface area (TPSA) is 0 Å². The second kappa shape index (κ2) is 7.62. The molecular formula is C19H40P2. The van der Waals surface area contributed by atoms with Gasteiger partial charge in [-0.15, -0.1) is 7.92 Å². The van der Waals surface area contributed by atoms with Crippen LogP contribution in [0.15, 0.2) is 0 Å². The molecule has 0 spiro atoms. The zero-order chi connectivity index (χ0) is 16.4. The van der Waals surface area contributed by atoms with Crippen LogP contribution in [-0.2, 0) is 0 Å². The monoisotopic (exact) mass is 330 g/mol. The Balaban J connectivity index is 3.00. The molecule has 0 heterocycles. The Labute approximate surface area is 137 Å². The number of rotatable bonds is 5. The van der Waals surface area contributed by atoms with Crippen molar-refractivity contribution in [1.82, 2.24) is 0 Å². The molecule has 21 heavy (non-hydrogen) atoms. The molecule has 0 aromatic heterocycles.